The Balaban J connectivity index is 1.43. The number of nitrogens with one attached hydrogen (secondary N) is 1. The number of aliphatic hydroxyl groups is 1. The van der Waals surface area contributed by atoms with Crippen LogP contribution in [0.15, 0.2) is 48.1 Å². The van der Waals surface area contributed by atoms with Crippen LogP contribution in [0.5, 0.6) is 0 Å². The van der Waals surface area contributed by atoms with E-state index in [0.29, 0.717) is 24.8 Å². The Morgan fingerprint density at radius 3 is 2.93 bits per heavy atom. The Bertz CT molecular complexity index is 753. The van der Waals surface area contributed by atoms with Crippen LogP contribution < -0.4 is 5.32 Å². The van der Waals surface area contributed by atoms with Gasteiger partial charge in [-0.25, -0.2) is 0 Å². The van der Waals surface area contributed by atoms with Crippen LogP contribution in [-0.4, -0.2) is 49.2 Å². The first-order valence-electron chi connectivity index (χ1n) is 10.9. The third-order valence-corrected chi connectivity index (χ3v) is 6.36. The summed E-state index contributed by atoms with van der Waals surface area (Å²) in [5.41, 5.74) is 4.12. The van der Waals surface area contributed by atoms with Crippen molar-refractivity contribution in [3.8, 4) is 0 Å². The summed E-state index contributed by atoms with van der Waals surface area (Å²) < 4.78 is 0. The average Bonchev–Trinajstić information content (AvgIpc) is 3.19. The quantitative estimate of drug-likeness (QED) is 0.496. The molecular weight excluding hydrogens is 360 g/mol. The van der Waals surface area contributed by atoms with Crippen molar-refractivity contribution in [2.24, 2.45) is 17.8 Å². The molecule has 4 heteroatoms. The Morgan fingerprint density at radius 2 is 2.17 bits per heavy atom. The lowest BCUT2D eigenvalue weighted by molar-refractivity contribution is -0.128. The highest BCUT2D eigenvalue weighted by Gasteiger charge is 2.43. The SMILES string of the molecule is Cc1cccc(CCC=C[C@@H]2[C@H]3CC(CNCCC(=O)N(C)C)=C[C@H]3C[C@H]2O)c1. The van der Waals surface area contributed by atoms with Gasteiger partial charge in [-0.3, -0.25) is 4.79 Å². The average molecular weight is 397 g/mol. The monoisotopic (exact) mass is 396 g/mol. The molecule has 0 aliphatic heterocycles. The van der Waals surface area contributed by atoms with Crippen molar-refractivity contribution in [2.45, 2.75) is 45.1 Å². The summed E-state index contributed by atoms with van der Waals surface area (Å²) in [7, 11) is 3.59. The predicted octanol–water partition coefficient (Wildman–Crippen LogP) is 3.50. The Labute approximate surface area is 175 Å². The predicted molar refractivity (Wildman–Crippen MR) is 119 cm³/mol. The molecule has 0 bridgehead atoms. The number of amides is 1. The summed E-state index contributed by atoms with van der Waals surface area (Å²) in [5.74, 6) is 1.45. The van der Waals surface area contributed by atoms with Crippen molar-refractivity contribution in [3.05, 3.63) is 59.2 Å². The standard InChI is InChI=1S/C25H36N2O2/c1-18-7-6-9-19(13-18)8-4-5-10-22-23-15-20(14-21(23)16-24(22)28)17-26-12-11-25(29)27(2)3/h5-7,9-10,13-14,21-24,26,28H,4,8,11-12,15-17H2,1-3H3/t21-,22+,23-,24+/m0/s1. The van der Waals surface area contributed by atoms with E-state index in [-0.39, 0.29) is 17.9 Å². The molecule has 2 N–H and O–H groups in total. The first-order valence-corrected chi connectivity index (χ1v) is 10.9. The van der Waals surface area contributed by atoms with Gasteiger partial charge in [0.1, 0.15) is 0 Å². The van der Waals surface area contributed by atoms with Gasteiger partial charge in [0.05, 0.1) is 6.10 Å². The molecular formula is C25H36N2O2. The number of benzene rings is 1. The van der Waals surface area contributed by atoms with Crippen molar-refractivity contribution in [1.82, 2.24) is 10.2 Å². The molecule has 2 aliphatic rings. The maximum absolute atomic E-state index is 11.6. The van der Waals surface area contributed by atoms with Gasteiger partial charge in [-0.05, 0) is 50.0 Å². The van der Waals surface area contributed by atoms with E-state index >= 15 is 0 Å². The van der Waals surface area contributed by atoms with Crippen LogP contribution in [0.3, 0.4) is 0 Å². The van der Waals surface area contributed by atoms with Crippen LogP contribution in [0.2, 0.25) is 0 Å². The summed E-state index contributed by atoms with van der Waals surface area (Å²) >= 11 is 0. The van der Waals surface area contributed by atoms with E-state index in [1.807, 2.05) is 0 Å². The number of carbonyl (C=O) groups excluding carboxylic acids is 1. The van der Waals surface area contributed by atoms with Gasteiger partial charge >= 0.3 is 0 Å². The fourth-order valence-electron chi connectivity index (χ4n) is 4.78. The topological polar surface area (TPSA) is 52.6 Å². The lowest BCUT2D eigenvalue weighted by atomic mass is 9.89. The maximum Gasteiger partial charge on any atom is 0.223 e. The number of fused-ring (bicyclic) bond motifs is 1. The first kappa shape index (κ1) is 21.8. The second-order valence-corrected chi connectivity index (χ2v) is 8.91. The third-order valence-electron chi connectivity index (χ3n) is 6.36. The summed E-state index contributed by atoms with van der Waals surface area (Å²) in [6.45, 7) is 3.70. The van der Waals surface area contributed by atoms with E-state index in [2.05, 4.69) is 54.7 Å². The number of hydrogen-bond acceptors (Lipinski definition) is 3. The van der Waals surface area contributed by atoms with E-state index in [1.54, 1.807) is 19.0 Å². The summed E-state index contributed by atoms with van der Waals surface area (Å²) in [6.07, 6.45) is 11.2. The number of nitrogens with zero attached hydrogens (tertiary/aromatic N) is 1. The molecule has 4 nitrogen and oxygen atoms in total. The zero-order valence-electron chi connectivity index (χ0n) is 18.1. The zero-order valence-corrected chi connectivity index (χ0v) is 18.1. The minimum Gasteiger partial charge on any atom is -0.392 e. The molecule has 0 heterocycles. The molecule has 1 aromatic carbocycles. The zero-order chi connectivity index (χ0) is 20.8. The molecule has 158 valence electrons. The van der Waals surface area contributed by atoms with Crippen molar-refractivity contribution >= 4 is 5.91 Å². The normalized spacial score (nSPS) is 26.0. The first-order chi connectivity index (χ1) is 13.9. The van der Waals surface area contributed by atoms with Gasteiger partial charge < -0.3 is 15.3 Å². The molecule has 1 amide bonds. The number of aliphatic hydroxyl groups excluding tert-OH is 1. The fourth-order valence-corrected chi connectivity index (χ4v) is 4.78. The molecule has 0 radical (unpaired) electrons. The smallest absolute Gasteiger partial charge is 0.223 e. The van der Waals surface area contributed by atoms with E-state index in [4.69, 9.17) is 0 Å². The molecule has 4 atom stereocenters. The Morgan fingerprint density at radius 1 is 1.34 bits per heavy atom. The van der Waals surface area contributed by atoms with Crippen molar-refractivity contribution in [1.29, 1.82) is 0 Å². The minimum absolute atomic E-state index is 0.161. The van der Waals surface area contributed by atoms with Crippen LogP contribution in [-0.2, 0) is 11.2 Å². The highest BCUT2D eigenvalue weighted by Crippen LogP contribution is 2.47. The fraction of sp³-hybridized carbons (Fsp3) is 0.560. The van der Waals surface area contributed by atoms with Crippen LogP contribution in [0.1, 0.15) is 36.8 Å². The molecule has 1 aromatic rings. The summed E-state index contributed by atoms with van der Waals surface area (Å²) in [5, 5.41) is 13.9. The number of hydrogen-bond donors (Lipinski definition) is 2. The van der Waals surface area contributed by atoms with Gasteiger partial charge in [-0.2, -0.15) is 0 Å². The number of rotatable bonds is 9. The van der Waals surface area contributed by atoms with Gasteiger partial charge in [0.15, 0.2) is 0 Å². The molecule has 0 unspecified atom stereocenters. The van der Waals surface area contributed by atoms with Gasteiger partial charge in [0.25, 0.3) is 0 Å². The third kappa shape index (κ3) is 6.03. The molecule has 1 fully saturated rings. The van der Waals surface area contributed by atoms with Gasteiger partial charge in [0.2, 0.25) is 5.91 Å². The second-order valence-electron chi connectivity index (χ2n) is 8.91. The van der Waals surface area contributed by atoms with E-state index < -0.39 is 0 Å². The summed E-state index contributed by atoms with van der Waals surface area (Å²) in [4.78, 5) is 13.3. The highest BCUT2D eigenvalue weighted by molar-refractivity contribution is 5.75. The molecule has 3 rings (SSSR count). The van der Waals surface area contributed by atoms with Crippen LogP contribution in [0.25, 0.3) is 0 Å². The molecule has 0 spiro atoms. The number of aryl methyl sites for hydroxylation is 2. The van der Waals surface area contributed by atoms with Crippen LogP contribution in [0, 0.1) is 24.7 Å². The largest absolute Gasteiger partial charge is 0.392 e. The Kier molecular flexibility index (Phi) is 7.68. The Hall–Kier alpha value is -1.91. The van der Waals surface area contributed by atoms with Gasteiger partial charge in [0, 0.05) is 39.5 Å². The van der Waals surface area contributed by atoms with Crippen molar-refractivity contribution < 1.29 is 9.90 Å². The molecule has 1 saturated carbocycles. The lowest BCUT2D eigenvalue weighted by Crippen LogP contribution is -2.27. The van der Waals surface area contributed by atoms with E-state index in [0.717, 1.165) is 32.2 Å². The number of carbonyl (C=O) groups is 1. The van der Waals surface area contributed by atoms with Crippen molar-refractivity contribution in [2.75, 3.05) is 27.2 Å². The van der Waals surface area contributed by atoms with Gasteiger partial charge in [-0.15, -0.1) is 0 Å². The molecule has 29 heavy (non-hydrogen) atoms. The molecule has 0 aromatic heterocycles. The second kappa shape index (κ2) is 10.2. The van der Waals surface area contributed by atoms with Gasteiger partial charge in [-0.1, -0.05) is 53.6 Å². The summed E-state index contributed by atoms with van der Waals surface area (Å²) in [6, 6.07) is 8.69. The van der Waals surface area contributed by atoms with E-state index in [9.17, 15) is 9.90 Å². The molecule has 0 saturated heterocycles. The number of allylic oxidation sites excluding steroid dienone is 2. The maximum atomic E-state index is 11.6. The van der Waals surface area contributed by atoms with E-state index in [1.165, 1.54) is 16.7 Å². The molecule has 2 aliphatic carbocycles. The minimum atomic E-state index is -0.219. The lowest BCUT2D eigenvalue weighted by Gasteiger charge is -2.18. The highest BCUT2D eigenvalue weighted by atomic mass is 16.3. The van der Waals surface area contributed by atoms with Crippen molar-refractivity contribution in [3.63, 3.8) is 0 Å². The van der Waals surface area contributed by atoms with Crippen LogP contribution in [0.4, 0.5) is 0 Å². The van der Waals surface area contributed by atoms with Crippen LogP contribution >= 0.6 is 0 Å².